The molecule has 3 nitrogen and oxygen atoms in total. The first kappa shape index (κ1) is 16.3. The van der Waals surface area contributed by atoms with Gasteiger partial charge >= 0.3 is 10.2 Å². The first-order valence-corrected chi connectivity index (χ1v) is 9.19. The van der Waals surface area contributed by atoms with Crippen LogP contribution in [0.5, 0.6) is 5.75 Å². The summed E-state index contributed by atoms with van der Waals surface area (Å²) < 4.78 is 19.8. The molecule has 3 rings (SSSR count). The third kappa shape index (κ3) is 3.34. The van der Waals surface area contributed by atoms with Crippen molar-refractivity contribution in [2.75, 3.05) is 19.0 Å². The second kappa shape index (κ2) is 6.89. The van der Waals surface area contributed by atoms with Gasteiger partial charge in [0.25, 0.3) is 0 Å². The van der Waals surface area contributed by atoms with Crippen LogP contribution in [0.15, 0.2) is 94.7 Å². The van der Waals surface area contributed by atoms with Crippen LogP contribution in [0.2, 0.25) is 0 Å². The number of hydrogen-bond donors (Lipinski definition) is 0. The molecule has 0 spiro atoms. The zero-order chi connectivity index (χ0) is 17.0. The van der Waals surface area contributed by atoms with Crippen LogP contribution in [0.4, 0.5) is 5.69 Å². The maximum atomic E-state index is 13.7. The Morgan fingerprint density at radius 1 is 0.708 bits per heavy atom. The van der Waals surface area contributed by atoms with Crippen molar-refractivity contribution in [1.82, 2.24) is 0 Å². The molecule has 0 bridgehead atoms. The van der Waals surface area contributed by atoms with E-state index in [9.17, 15) is 4.21 Å². The van der Waals surface area contributed by atoms with Crippen molar-refractivity contribution in [2.24, 2.45) is 0 Å². The number of benzene rings is 3. The van der Waals surface area contributed by atoms with Crippen LogP contribution in [0.1, 0.15) is 0 Å². The number of rotatable bonds is 5. The SMILES string of the molecule is CN(C)c1ccc(O[S+](=O)(c2ccccc2)c2ccccc2)cc1. The van der Waals surface area contributed by atoms with Gasteiger partial charge in [0.1, 0.15) is 0 Å². The second-order valence-corrected chi connectivity index (χ2v) is 7.72. The molecule has 0 aliphatic carbocycles. The summed E-state index contributed by atoms with van der Waals surface area (Å²) in [5.41, 5.74) is 1.06. The van der Waals surface area contributed by atoms with Crippen LogP contribution in [0.25, 0.3) is 0 Å². The Morgan fingerprint density at radius 2 is 1.17 bits per heavy atom. The van der Waals surface area contributed by atoms with Gasteiger partial charge in [-0.3, -0.25) is 4.18 Å². The lowest BCUT2D eigenvalue weighted by molar-refractivity contribution is 0.499. The van der Waals surface area contributed by atoms with Crippen molar-refractivity contribution in [2.45, 2.75) is 9.79 Å². The van der Waals surface area contributed by atoms with E-state index in [4.69, 9.17) is 4.18 Å². The van der Waals surface area contributed by atoms with Crippen molar-refractivity contribution in [1.29, 1.82) is 0 Å². The Balaban J connectivity index is 2.01. The van der Waals surface area contributed by atoms with Crippen LogP contribution < -0.4 is 9.08 Å². The molecule has 0 heterocycles. The minimum Gasteiger partial charge on any atom is -0.378 e. The summed E-state index contributed by atoms with van der Waals surface area (Å²) in [7, 11) is 1.11. The maximum absolute atomic E-state index is 13.7. The van der Waals surface area contributed by atoms with Gasteiger partial charge in [0.15, 0.2) is 5.75 Å². The summed E-state index contributed by atoms with van der Waals surface area (Å²) in [6.45, 7) is 0. The fraction of sp³-hybridized carbons (Fsp3) is 0.100. The van der Waals surface area contributed by atoms with Crippen LogP contribution in [-0.4, -0.2) is 14.1 Å². The molecule has 0 radical (unpaired) electrons. The summed E-state index contributed by atoms with van der Waals surface area (Å²) in [6.07, 6.45) is 0. The summed E-state index contributed by atoms with van der Waals surface area (Å²) in [5.74, 6) is 0.582. The molecular weight excluding hydrogens is 318 g/mol. The molecule has 0 aliphatic rings. The molecule has 0 saturated heterocycles. The zero-order valence-electron chi connectivity index (χ0n) is 13.8. The van der Waals surface area contributed by atoms with Gasteiger partial charge in [0.05, 0.1) is 0 Å². The average Bonchev–Trinajstić information content (AvgIpc) is 2.63. The van der Waals surface area contributed by atoms with Crippen molar-refractivity contribution < 1.29 is 8.39 Å². The molecule has 24 heavy (non-hydrogen) atoms. The topological polar surface area (TPSA) is 29.5 Å². The quantitative estimate of drug-likeness (QED) is 0.634. The van der Waals surface area contributed by atoms with Gasteiger partial charge in [-0.25, -0.2) is 0 Å². The summed E-state index contributed by atoms with van der Waals surface area (Å²) in [5, 5.41) is 0. The average molecular weight is 338 g/mol. The van der Waals surface area contributed by atoms with E-state index >= 15 is 0 Å². The molecule has 122 valence electrons. The minimum absolute atomic E-state index is 0.582. The van der Waals surface area contributed by atoms with E-state index in [2.05, 4.69) is 0 Å². The molecule has 0 N–H and O–H groups in total. The fourth-order valence-electron chi connectivity index (χ4n) is 2.37. The van der Waals surface area contributed by atoms with E-state index in [0.717, 1.165) is 5.69 Å². The third-order valence-electron chi connectivity index (χ3n) is 3.67. The predicted molar refractivity (Wildman–Crippen MR) is 98.9 cm³/mol. The van der Waals surface area contributed by atoms with Crippen LogP contribution in [0.3, 0.4) is 0 Å². The Kier molecular flexibility index (Phi) is 4.67. The van der Waals surface area contributed by atoms with Crippen molar-refractivity contribution in [3.8, 4) is 5.75 Å². The Morgan fingerprint density at radius 3 is 1.58 bits per heavy atom. The molecule has 0 unspecified atom stereocenters. The standard InChI is InChI=1S/C20H20NO2S/c1-21(2)17-13-15-18(16-14-17)23-24(22,19-9-5-3-6-10-19)20-11-7-4-8-12-20/h3-16H,1-2H3/q+1. The molecule has 4 heteroatoms. The van der Waals surface area contributed by atoms with E-state index in [1.54, 1.807) is 0 Å². The lowest BCUT2D eigenvalue weighted by atomic mass is 10.3. The lowest BCUT2D eigenvalue weighted by Crippen LogP contribution is -2.19. The molecule has 0 amide bonds. The molecule has 0 aromatic heterocycles. The largest absolute Gasteiger partial charge is 0.378 e. The number of nitrogens with zero attached hydrogens (tertiary/aromatic N) is 1. The normalized spacial score (nSPS) is 11.1. The van der Waals surface area contributed by atoms with E-state index in [-0.39, 0.29) is 0 Å². The molecule has 3 aromatic carbocycles. The van der Waals surface area contributed by atoms with Gasteiger partial charge < -0.3 is 4.90 Å². The van der Waals surface area contributed by atoms with E-state index < -0.39 is 10.2 Å². The van der Waals surface area contributed by atoms with Crippen LogP contribution in [-0.2, 0) is 14.4 Å². The maximum Gasteiger partial charge on any atom is 0.325 e. The smallest absolute Gasteiger partial charge is 0.325 e. The highest BCUT2D eigenvalue weighted by Crippen LogP contribution is 2.32. The van der Waals surface area contributed by atoms with Gasteiger partial charge in [-0.05, 0) is 52.7 Å². The highest BCUT2D eigenvalue weighted by atomic mass is 32.3. The van der Waals surface area contributed by atoms with Crippen LogP contribution in [0, 0.1) is 0 Å². The fourth-order valence-corrected chi connectivity index (χ4v) is 4.24. The Hall–Kier alpha value is -2.59. The number of anilines is 1. The minimum atomic E-state index is -2.85. The molecular formula is C20H20NO2S+. The molecule has 0 saturated carbocycles. The summed E-state index contributed by atoms with van der Waals surface area (Å²) in [4.78, 5) is 3.33. The van der Waals surface area contributed by atoms with Gasteiger partial charge in [-0.15, -0.1) is 0 Å². The van der Waals surface area contributed by atoms with Gasteiger partial charge in [-0.2, -0.15) is 0 Å². The summed E-state index contributed by atoms with van der Waals surface area (Å²) in [6, 6.07) is 26.2. The highest BCUT2D eigenvalue weighted by molar-refractivity contribution is 7.99. The Bertz CT molecular complexity index is 787. The Labute approximate surface area is 144 Å². The monoisotopic (exact) mass is 338 g/mol. The van der Waals surface area contributed by atoms with Crippen LogP contribution >= 0.6 is 0 Å². The van der Waals surface area contributed by atoms with E-state index in [0.29, 0.717) is 15.5 Å². The van der Waals surface area contributed by atoms with Gasteiger partial charge in [0.2, 0.25) is 9.79 Å². The predicted octanol–water partition coefficient (Wildman–Crippen LogP) is 4.66. The van der Waals surface area contributed by atoms with E-state index in [1.807, 2.05) is 104 Å². The molecule has 0 fully saturated rings. The molecule has 0 atom stereocenters. The summed E-state index contributed by atoms with van der Waals surface area (Å²) >= 11 is 0. The van der Waals surface area contributed by atoms with Crippen molar-refractivity contribution in [3.63, 3.8) is 0 Å². The van der Waals surface area contributed by atoms with Gasteiger partial charge in [-0.1, -0.05) is 36.4 Å². The highest BCUT2D eigenvalue weighted by Gasteiger charge is 2.38. The number of hydrogen-bond acceptors (Lipinski definition) is 3. The first-order valence-electron chi connectivity index (χ1n) is 7.71. The molecule has 3 aromatic rings. The van der Waals surface area contributed by atoms with Crippen molar-refractivity contribution in [3.05, 3.63) is 84.9 Å². The van der Waals surface area contributed by atoms with Gasteiger partial charge in [0, 0.05) is 19.8 Å². The third-order valence-corrected chi connectivity index (χ3v) is 5.89. The first-order chi connectivity index (χ1) is 11.6. The lowest BCUT2D eigenvalue weighted by Gasteiger charge is -2.14. The second-order valence-electron chi connectivity index (χ2n) is 5.60. The van der Waals surface area contributed by atoms with E-state index in [1.165, 1.54) is 0 Å². The zero-order valence-corrected chi connectivity index (χ0v) is 14.6. The molecule has 0 aliphatic heterocycles. The van der Waals surface area contributed by atoms with Crippen molar-refractivity contribution >= 4 is 15.9 Å².